The summed E-state index contributed by atoms with van der Waals surface area (Å²) in [5.41, 5.74) is 1.26. The van der Waals surface area contributed by atoms with Crippen LogP contribution in [-0.4, -0.2) is 47.2 Å². The maximum absolute atomic E-state index is 12.3. The molecule has 0 unspecified atom stereocenters. The van der Waals surface area contributed by atoms with Crippen LogP contribution in [0.15, 0.2) is 24.3 Å². The van der Waals surface area contributed by atoms with Crippen LogP contribution < -0.4 is 10.6 Å². The Morgan fingerprint density at radius 2 is 1.72 bits per heavy atom. The Balaban J connectivity index is 1.52. The second-order valence-corrected chi connectivity index (χ2v) is 7.06. The number of carbonyl (C=O) groups excluding carboxylic acids is 2. The normalized spacial score (nSPS) is 21.6. The minimum absolute atomic E-state index is 0.0519. The fraction of sp³-hybridized carbons (Fsp3) is 0.579. The van der Waals surface area contributed by atoms with Crippen LogP contribution >= 0.6 is 0 Å². The number of anilines is 1. The number of β-amino-alcohol motifs (C(OH)–C–C–N with tert-alkyl or cyclic N) is 1. The number of hydrogen-bond acceptors (Lipinski definition) is 3. The van der Waals surface area contributed by atoms with E-state index in [9.17, 15) is 14.7 Å². The van der Waals surface area contributed by atoms with Crippen molar-refractivity contribution in [2.24, 2.45) is 0 Å². The SMILES string of the molecule is O=C(NC1CCCCC1)c1ccc(NC(=O)N2CCC[C@H](O)C2)cc1. The number of carbonyl (C=O) groups is 2. The van der Waals surface area contributed by atoms with E-state index in [0.29, 0.717) is 24.3 Å². The van der Waals surface area contributed by atoms with Gasteiger partial charge in [0.05, 0.1) is 6.10 Å². The lowest BCUT2D eigenvalue weighted by Gasteiger charge is -2.30. The van der Waals surface area contributed by atoms with Gasteiger partial charge in [-0.05, 0) is 49.9 Å². The van der Waals surface area contributed by atoms with Crippen molar-refractivity contribution in [3.8, 4) is 0 Å². The molecule has 25 heavy (non-hydrogen) atoms. The Hall–Kier alpha value is -2.08. The van der Waals surface area contributed by atoms with Gasteiger partial charge in [-0.15, -0.1) is 0 Å². The second-order valence-electron chi connectivity index (χ2n) is 7.06. The molecule has 6 nitrogen and oxygen atoms in total. The minimum Gasteiger partial charge on any atom is -0.391 e. The first-order valence-corrected chi connectivity index (χ1v) is 9.27. The van der Waals surface area contributed by atoms with Gasteiger partial charge in [-0.3, -0.25) is 4.79 Å². The van der Waals surface area contributed by atoms with E-state index >= 15 is 0 Å². The largest absolute Gasteiger partial charge is 0.391 e. The first kappa shape index (κ1) is 17.7. The van der Waals surface area contributed by atoms with Crippen molar-refractivity contribution >= 4 is 17.6 Å². The van der Waals surface area contributed by atoms with Crippen LogP contribution in [-0.2, 0) is 0 Å². The number of aliphatic hydroxyl groups excluding tert-OH is 1. The van der Waals surface area contributed by atoms with Crippen molar-refractivity contribution < 1.29 is 14.7 Å². The summed E-state index contributed by atoms with van der Waals surface area (Å²) < 4.78 is 0. The molecular formula is C19H27N3O3. The number of amides is 3. The molecule has 3 N–H and O–H groups in total. The molecular weight excluding hydrogens is 318 g/mol. The molecule has 1 atom stereocenters. The van der Waals surface area contributed by atoms with Gasteiger partial charge < -0.3 is 20.6 Å². The molecule has 3 amide bonds. The maximum atomic E-state index is 12.3. The van der Waals surface area contributed by atoms with Crippen LogP contribution in [0, 0.1) is 0 Å². The Morgan fingerprint density at radius 3 is 2.40 bits per heavy atom. The fourth-order valence-electron chi connectivity index (χ4n) is 3.56. The topological polar surface area (TPSA) is 81.7 Å². The molecule has 1 saturated carbocycles. The van der Waals surface area contributed by atoms with E-state index in [1.165, 1.54) is 19.3 Å². The molecule has 1 aromatic rings. The number of nitrogens with zero attached hydrogens (tertiary/aromatic N) is 1. The van der Waals surface area contributed by atoms with E-state index in [1.807, 2.05) is 0 Å². The lowest BCUT2D eigenvalue weighted by atomic mass is 9.95. The van der Waals surface area contributed by atoms with Gasteiger partial charge in [0.25, 0.3) is 5.91 Å². The standard InChI is InChI=1S/C19H27N3O3/c23-17-7-4-12-22(13-17)19(25)21-16-10-8-14(9-11-16)18(24)20-15-5-2-1-3-6-15/h8-11,15,17,23H,1-7,12-13H2,(H,20,24)(H,21,25)/t17-/m0/s1. The highest BCUT2D eigenvalue weighted by Gasteiger charge is 2.22. The van der Waals surface area contributed by atoms with Crippen molar-refractivity contribution in [3.05, 3.63) is 29.8 Å². The lowest BCUT2D eigenvalue weighted by molar-refractivity contribution is 0.0883. The predicted octanol–water partition coefficient (Wildman–Crippen LogP) is 2.74. The zero-order valence-corrected chi connectivity index (χ0v) is 14.5. The monoisotopic (exact) mass is 345 g/mol. The molecule has 2 fully saturated rings. The van der Waals surface area contributed by atoms with Gasteiger partial charge in [0, 0.05) is 30.4 Å². The highest BCUT2D eigenvalue weighted by Crippen LogP contribution is 2.18. The van der Waals surface area contributed by atoms with Gasteiger partial charge in [0.1, 0.15) is 0 Å². The quantitative estimate of drug-likeness (QED) is 0.788. The first-order valence-electron chi connectivity index (χ1n) is 9.27. The fourth-order valence-corrected chi connectivity index (χ4v) is 3.56. The zero-order valence-electron chi connectivity index (χ0n) is 14.5. The molecule has 0 bridgehead atoms. The van der Waals surface area contributed by atoms with Gasteiger partial charge in [0.2, 0.25) is 0 Å². The highest BCUT2D eigenvalue weighted by molar-refractivity contribution is 5.95. The molecule has 2 aliphatic rings. The van der Waals surface area contributed by atoms with Crippen LogP contribution in [0.5, 0.6) is 0 Å². The molecule has 1 heterocycles. The Kier molecular flexibility index (Phi) is 5.91. The maximum Gasteiger partial charge on any atom is 0.321 e. The van der Waals surface area contributed by atoms with Crippen LogP contribution in [0.3, 0.4) is 0 Å². The summed E-state index contributed by atoms with van der Waals surface area (Å²) in [7, 11) is 0. The van der Waals surface area contributed by atoms with Crippen molar-refractivity contribution in [1.82, 2.24) is 10.2 Å². The number of likely N-dealkylation sites (tertiary alicyclic amines) is 1. The molecule has 3 rings (SSSR count). The van der Waals surface area contributed by atoms with Gasteiger partial charge in [0.15, 0.2) is 0 Å². The lowest BCUT2D eigenvalue weighted by Crippen LogP contribution is -2.44. The minimum atomic E-state index is -0.439. The van der Waals surface area contributed by atoms with E-state index in [-0.39, 0.29) is 18.0 Å². The van der Waals surface area contributed by atoms with E-state index < -0.39 is 6.10 Å². The Bertz CT molecular complexity index is 596. The summed E-state index contributed by atoms with van der Waals surface area (Å²) in [6.45, 7) is 1.03. The van der Waals surface area contributed by atoms with Crippen molar-refractivity contribution in [3.63, 3.8) is 0 Å². The smallest absolute Gasteiger partial charge is 0.321 e. The van der Waals surface area contributed by atoms with E-state index in [0.717, 1.165) is 25.7 Å². The summed E-state index contributed by atoms with van der Waals surface area (Å²) in [4.78, 5) is 26.1. The number of rotatable bonds is 3. The van der Waals surface area contributed by atoms with E-state index in [4.69, 9.17) is 0 Å². The third-order valence-electron chi connectivity index (χ3n) is 5.02. The molecule has 1 aliphatic heterocycles. The predicted molar refractivity (Wildman–Crippen MR) is 96.6 cm³/mol. The van der Waals surface area contributed by atoms with Gasteiger partial charge in [-0.25, -0.2) is 4.79 Å². The van der Waals surface area contributed by atoms with Crippen molar-refractivity contribution in [2.45, 2.75) is 57.1 Å². The molecule has 1 saturated heterocycles. The van der Waals surface area contributed by atoms with Crippen molar-refractivity contribution in [2.75, 3.05) is 18.4 Å². The molecule has 0 spiro atoms. The summed E-state index contributed by atoms with van der Waals surface area (Å²) in [6, 6.07) is 7.03. The Labute approximate surface area is 148 Å². The number of aliphatic hydroxyl groups is 1. The zero-order chi connectivity index (χ0) is 17.6. The number of benzene rings is 1. The van der Waals surface area contributed by atoms with Gasteiger partial charge >= 0.3 is 6.03 Å². The number of nitrogens with one attached hydrogen (secondary N) is 2. The molecule has 6 heteroatoms. The van der Waals surface area contributed by atoms with Crippen molar-refractivity contribution in [1.29, 1.82) is 0 Å². The summed E-state index contributed by atoms with van der Waals surface area (Å²) in [5, 5.41) is 15.6. The summed E-state index contributed by atoms with van der Waals surface area (Å²) in [6.07, 6.45) is 6.86. The molecule has 1 aliphatic carbocycles. The average Bonchev–Trinajstić information content (AvgIpc) is 2.63. The summed E-state index contributed by atoms with van der Waals surface area (Å²) >= 11 is 0. The van der Waals surface area contributed by atoms with Crippen LogP contribution in [0.1, 0.15) is 55.3 Å². The summed E-state index contributed by atoms with van der Waals surface area (Å²) in [5.74, 6) is -0.0519. The number of urea groups is 1. The molecule has 0 radical (unpaired) electrons. The van der Waals surface area contributed by atoms with Crippen LogP contribution in [0.25, 0.3) is 0 Å². The van der Waals surface area contributed by atoms with Crippen LogP contribution in [0.4, 0.5) is 10.5 Å². The second kappa shape index (κ2) is 8.34. The Morgan fingerprint density at radius 1 is 1.00 bits per heavy atom. The molecule has 0 aromatic heterocycles. The third kappa shape index (κ3) is 4.95. The first-order chi connectivity index (χ1) is 12.1. The van der Waals surface area contributed by atoms with Gasteiger partial charge in [-0.2, -0.15) is 0 Å². The third-order valence-corrected chi connectivity index (χ3v) is 5.02. The van der Waals surface area contributed by atoms with E-state index in [1.54, 1.807) is 29.2 Å². The molecule has 1 aromatic carbocycles. The van der Waals surface area contributed by atoms with Gasteiger partial charge in [-0.1, -0.05) is 19.3 Å². The van der Waals surface area contributed by atoms with Crippen LogP contribution in [0.2, 0.25) is 0 Å². The number of hydrogen-bond donors (Lipinski definition) is 3. The average molecular weight is 345 g/mol. The number of piperidine rings is 1. The highest BCUT2D eigenvalue weighted by atomic mass is 16.3. The molecule has 136 valence electrons. The van der Waals surface area contributed by atoms with E-state index in [2.05, 4.69) is 10.6 Å².